The van der Waals surface area contributed by atoms with Gasteiger partial charge in [-0.3, -0.25) is 9.59 Å². The molecule has 1 atom stereocenters. The van der Waals surface area contributed by atoms with Gasteiger partial charge >= 0.3 is 0 Å². The number of nitrogens with one attached hydrogen (secondary N) is 1. The Morgan fingerprint density at radius 2 is 1.83 bits per heavy atom. The van der Waals surface area contributed by atoms with Gasteiger partial charge in [-0.1, -0.05) is 23.7 Å². The number of halogens is 1. The van der Waals surface area contributed by atoms with Gasteiger partial charge in [0, 0.05) is 10.6 Å². The summed E-state index contributed by atoms with van der Waals surface area (Å²) in [6.07, 6.45) is -1.03. The number of methoxy groups -OCH3 is 1. The minimum atomic E-state index is -1.03. The molecule has 0 radical (unpaired) electrons. The Hall–Kier alpha value is -3.97. The van der Waals surface area contributed by atoms with Crippen LogP contribution in [0.3, 0.4) is 0 Å². The molecule has 0 saturated heterocycles. The maximum Gasteiger partial charge on any atom is 0.265 e. The molecule has 4 aromatic rings. The summed E-state index contributed by atoms with van der Waals surface area (Å²) >= 11 is 6.11. The smallest absolute Gasteiger partial charge is 0.265 e. The van der Waals surface area contributed by atoms with Gasteiger partial charge in [0.2, 0.25) is 11.2 Å². The fraction of sp³-hybridized carbons (Fsp3) is 0.185. The van der Waals surface area contributed by atoms with Crippen molar-refractivity contribution in [2.75, 3.05) is 19.0 Å². The lowest BCUT2D eigenvalue weighted by Gasteiger charge is -2.18. The van der Waals surface area contributed by atoms with Crippen LogP contribution in [-0.2, 0) is 4.79 Å². The second kappa shape index (κ2) is 10.5. The predicted molar refractivity (Wildman–Crippen MR) is 136 cm³/mol. The van der Waals surface area contributed by atoms with Crippen molar-refractivity contribution in [1.82, 2.24) is 0 Å². The van der Waals surface area contributed by atoms with Crippen molar-refractivity contribution in [3.63, 3.8) is 0 Å². The van der Waals surface area contributed by atoms with Gasteiger partial charge in [-0.25, -0.2) is 0 Å². The summed E-state index contributed by atoms with van der Waals surface area (Å²) in [5.41, 5.74) is 1.00. The molecule has 1 unspecified atom stereocenters. The number of carbonyl (C=O) groups excluding carboxylic acids is 1. The molecular formula is C27H24ClNO6. The first-order chi connectivity index (χ1) is 16.9. The highest BCUT2D eigenvalue weighted by atomic mass is 35.5. The van der Waals surface area contributed by atoms with Crippen LogP contribution in [0.2, 0.25) is 5.02 Å². The summed E-state index contributed by atoms with van der Waals surface area (Å²) in [5, 5.41) is 3.43. The first-order valence-electron chi connectivity index (χ1n) is 11.0. The Kier molecular flexibility index (Phi) is 7.27. The van der Waals surface area contributed by atoms with E-state index in [0.29, 0.717) is 40.0 Å². The van der Waals surface area contributed by atoms with Crippen molar-refractivity contribution in [2.24, 2.45) is 0 Å². The molecule has 35 heavy (non-hydrogen) atoms. The maximum atomic E-state index is 13.4. The third-order valence-electron chi connectivity index (χ3n) is 5.27. The molecule has 4 rings (SSSR count). The van der Waals surface area contributed by atoms with Crippen LogP contribution in [0, 0.1) is 0 Å². The summed E-state index contributed by atoms with van der Waals surface area (Å²) < 4.78 is 22.8. The summed E-state index contributed by atoms with van der Waals surface area (Å²) in [7, 11) is 1.56. The van der Waals surface area contributed by atoms with E-state index in [9.17, 15) is 9.59 Å². The quantitative estimate of drug-likeness (QED) is 0.327. The van der Waals surface area contributed by atoms with Crippen molar-refractivity contribution >= 4 is 34.2 Å². The zero-order chi connectivity index (χ0) is 24.9. The summed E-state index contributed by atoms with van der Waals surface area (Å²) in [5.74, 6) is 0.831. The van der Waals surface area contributed by atoms with Crippen LogP contribution in [0.5, 0.6) is 17.2 Å². The number of anilines is 1. The fourth-order valence-corrected chi connectivity index (χ4v) is 3.68. The molecule has 0 aliphatic carbocycles. The van der Waals surface area contributed by atoms with Gasteiger partial charge in [-0.05, 0) is 68.4 Å². The molecule has 0 spiro atoms. The molecule has 1 amide bonds. The van der Waals surface area contributed by atoms with E-state index < -0.39 is 17.4 Å². The number of hydrogen-bond donors (Lipinski definition) is 1. The van der Waals surface area contributed by atoms with Crippen molar-refractivity contribution in [3.8, 4) is 28.6 Å². The third kappa shape index (κ3) is 5.25. The van der Waals surface area contributed by atoms with E-state index in [0.717, 1.165) is 0 Å². The largest absolute Gasteiger partial charge is 0.497 e. The number of hydrogen-bond acceptors (Lipinski definition) is 6. The SMILES string of the molecule is CCOc1ccccc1NC(=O)C(C)Oc1c(-c2ccc(OC)cc2)oc2ccc(Cl)cc2c1=O. The maximum absolute atomic E-state index is 13.4. The molecular weight excluding hydrogens is 470 g/mol. The number of benzene rings is 3. The topological polar surface area (TPSA) is 87.0 Å². The van der Waals surface area contributed by atoms with Gasteiger partial charge in [0.1, 0.15) is 17.1 Å². The first kappa shape index (κ1) is 24.2. The average molecular weight is 494 g/mol. The van der Waals surface area contributed by atoms with E-state index in [1.54, 1.807) is 68.6 Å². The Morgan fingerprint density at radius 3 is 2.54 bits per heavy atom. The monoisotopic (exact) mass is 493 g/mol. The third-order valence-corrected chi connectivity index (χ3v) is 5.51. The van der Waals surface area contributed by atoms with Gasteiger partial charge in [-0.2, -0.15) is 0 Å². The van der Waals surface area contributed by atoms with Crippen molar-refractivity contribution < 1.29 is 23.4 Å². The standard InChI is InChI=1S/C27H24ClNO6/c1-4-33-23-8-6-5-7-21(23)29-27(31)16(2)34-26-24(30)20-15-18(28)11-14-22(20)35-25(26)17-9-12-19(32-3)13-10-17/h5-16H,4H2,1-3H3,(H,29,31). The summed E-state index contributed by atoms with van der Waals surface area (Å²) in [6, 6.07) is 18.8. The highest BCUT2D eigenvalue weighted by Gasteiger charge is 2.24. The minimum Gasteiger partial charge on any atom is -0.497 e. The van der Waals surface area contributed by atoms with E-state index in [2.05, 4.69) is 5.32 Å². The second-order valence-electron chi connectivity index (χ2n) is 7.64. The van der Waals surface area contributed by atoms with Gasteiger partial charge in [0.15, 0.2) is 11.9 Å². The van der Waals surface area contributed by atoms with E-state index in [1.807, 2.05) is 13.0 Å². The Bertz CT molecular complexity index is 1410. The molecule has 0 fully saturated rings. The molecule has 180 valence electrons. The number of carbonyl (C=O) groups is 1. The van der Waals surface area contributed by atoms with Crippen LogP contribution in [0.4, 0.5) is 5.69 Å². The molecule has 0 saturated carbocycles. The Labute approximate surface area is 207 Å². The molecule has 1 aromatic heterocycles. The van der Waals surface area contributed by atoms with Crippen molar-refractivity contribution in [2.45, 2.75) is 20.0 Å². The van der Waals surface area contributed by atoms with E-state index >= 15 is 0 Å². The molecule has 0 bridgehead atoms. The van der Waals surface area contributed by atoms with Gasteiger partial charge < -0.3 is 23.9 Å². The molecule has 8 heteroatoms. The minimum absolute atomic E-state index is 0.0920. The summed E-state index contributed by atoms with van der Waals surface area (Å²) in [4.78, 5) is 26.4. The fourth-order valence-electron chi connectivity index (χ4n) is 3.51. The van der Waals surface area contributed by atoms with E-state index in [-0.39, 0.29) is 16.9 Å². The molecule has 0 aliphatic heterocycles. The zero-order valence-corrected chi connectivity index (χ0v) is 20.2. The van der Waals surface area contributed by atoms with Crippen LogP contribution in [-0.4, -0.2) is 25.7 Å². The van der Waals surface area contributed by atoms with E-state index in [1.165, 1.54) is 6.07 Å². The van der Waals surface area contributed by atoms with Crippen LogP contribution in [0.25, 0.3) is 22.3 Å². The highest BCUT2D eigenvalue weighted by molar-refractivity contribution is 6.31. The number of ether oxygens (including phenoxy) is 3. The van der Waals surface area contributed by atoms with Crippen LogP contribution in [0.15, 0.2) is 75.9 Å². The normalized spacial score (nSPS) is 11.7. The van der Waals surface area contributed by atoms with Crippen LogP contribution in [0.1, 0.15) is 13.8 Å². The highest BCUT2D eigenvalue weighted by Crippen LogP contribution is 2.33. The van der Waals surface area contributed by atoms with Gasteiger partial charge in [0.25, 0.3) is 5.91 Å². The second-order valence-corrected chi connectivity index (χ2v) is 8.07. The van der Waals surface area contributed by atoms with E-state index in [4.69, 9.17) is 30.2 Å². The molecule has 3 aromatic carbocycles. The lowest BCUT2D eigenvalue weighted by molar-refractivity contribution is -0.122. The van der Waals surface area contributed by atoms with Crippen molar-refractivity contribution in [3.05, 3.63) is 82.0 Å². The molecule has 1 heterocycles. The number of rotatable bonds is 8. The van der Waals surface area contributed by atoms with Gasteiger partial charge in [0.05, 0.1) is 24.8 Å². The number of para-hydroxylation sites is 2. The molecule has 7 nitrogen and oxygen atoms in total. The van der Waals surface area contributed by atoms with Crippen molar-refractivity contribution in [1.29, 1.82) is 0 Å². The lowest BCUT2D eigenvalue weighted by Crippen LogP contribution is -2.32. The predicted octanol–water partition coefficient (Wildman–Crippen LogP) is 5.93. The first-order valence-corrected chi connectivity index (χ1v) is 11.4. The molecule has 0 aliphatic rings. The zero-order valence-electron chi connectivity index (χ0n) is 19.5. The summed E-state index contributed by atoms with van der Waals surface area (Å²) in [6.45, 7) is 3.86. The number of amides is 1. The number of fused-ring (bicyclic) bond motifs is 1. The molecule has 1 N–H and O–H groups in total. The van der Waals surface area contributed by atoms with Gasteiger partial charge in [-0.15, -0.1) is 0 Å². The van der Waals surface area contributed by atoms with Crippen LogP contribution >= 0.6 is 11.6 Å². The Morgan fingerprint density at radius 1 is 1.09 bits per heavy atom. The lowest BCUT2D eigenvalue weighted by atomic mass is 10.1. The Balaban J connectivity index is 1.72. The average Bonchev–Trinajstić information content (AvgIpc) is 2.87. The van der Waals surface area contributed by atoms with Crippen LogP contribution < -0.4 is 25.0 Å².